The van der Waals surface area contributed by atoms with Crippen LogP contribution in [0.25, 0.3) is 11.0 Å². The SMILES string of the molecule is CCC(=O)N1CC(c2nn(C)c3ncccc23)C1. The number of fused-ring (bicyclic) bond motifs is 1. The normalized spacial score (nSPS) is 16.0. The quantitative estimate of drug-likeness (QED) is 0.800. The Bertz CT molecular complexity index is 598. The number of hydrogen-bond donors (Lipinski definition) is 0. The molecule has 1 amide bonds. The molecule has 0 N–H and O–H groups in total. The third kappa shape index (κ3) is 1.58. The van der Waals surface area contributed by atoms with Crippen molar-refractivity contribution >= 4 is 16.9 Å². The number of aromatic nitrogens is 3. The van der Waals surface area contributed by atoms with E-state index in [1.165, 1.54) is 0 Å². The number of nitrogens with zero attached hydrogens (tertiary/aromatic N) is 4. The lowest BCUT2D eigenvalue weighted by molar-refractivity contribution is -0.135. The third-order valence-corrected chi connectivity index (χ3v) is 3.55. The van der Waals surface area contributed by atoms with Gasteiger partial charge in [-0.25, -0.2) is 4.98 Å². The maximum atomic E-state index is 11.5. The van der Waals surface area contributed by atoms with Crippen molar-refractivity contribution in [1.29, 1.82) is 0 Å². The predicted octanol–water partition coefficient (Wildman–Crippen LogP) is 1.30. The minimum Gasteiger partial charge on any atom is -0.341 e. The molecule has 5 heteroatoms. The number of likely N-dealkylation sites (tertiary alicyclic amines) is 1. The van der Waals surface area contributed by atoms with Crippen LogP contribution in [0, 0.1) is 0 Å². The van der Waals surface area contributed by atoms with Crippen LogP contribution < -0.4 is 0 Å². The van der Waals surface area contributed by atoms with Crippen LogP contribution in [0.1, 0.15) is 25.0 Å². The molecule has 94 valence electrons. The first-order valence-electron chi connectivity index (χ1n) is 6.26. The van der Waals surface area contributed by atoms with Crippen molar-refractivity contribution in [2.75, 3.05) is 13.1 Å². The van der Waals surface area contributed by atoms with Gasteiger partial charge in [-0.05, 0) is 12.1 Å². The van der Waals surface area contributed by atoms with Gasteiger partial charge < -0.3 is 4.90 Å². The van der Waals surface area contributed by atoms with Gasteiger partial charge in [0.05, 0.1) is 5.69 Å². The summed E-state index contributed by atoms with van der Waals surface area (Å²) in [6, 6.07) is 3.98. The van der Waals surface area contributed by atoms with Crippen molar-refractivity contribution in [2.45, 2.75) is 19.3 Å². The molecule has 1 fully saturated rings. The Morgan fingerprint density at radius 2 is 2.28 bits per heavy atom. The molecular weight excluding hydrogens is 228 g/mol. The molecule has 18 heavy (non-hydrogen) atoms. The van der Waals surface area contributed by atoms with Crippen molar-refractivity contribution in [3.63, 3.8) is 0 Å². The topological polar surface area (TPSA) is 51.0 Å². The van der Waals surface area contributed by atoms with Crippen LogP contribution >= 0.6 is 0 Å². The van der Waals surface area contributed by atoms with E-state index >= 15 is 0 Å². The fourth-order valence-corrected chi connectivity index (χ4v) is 2.50. The van der Waals surface area contributed by atoms with E-state index in [9.17, 15) is 4.79 Å². The first kappa shape index (κ1) is 11.2. The average molecular weight is 244 g/mol. The van der Waals surface area contributed by atoms with Crippen LogP contribution in [0.5, 0.6) is 0 Å². The van der Waals surface area contributed by atoms with Gasteiger partial charge in [-0.2, -0.15) is 5.10 Å². The Labute approximate surface area is 105 Å². The van der Waals surface area contributed by atoms with Crippen LogP contribution in [-0.2, 0) is 11.8 Å². The van der Waals surface area contributed by atoms with Gasteiger partial charge in [0, 0.05) is 44.1 Å². The molecular formula is C13H16N4O. The molecule has 5 nitrogen and oxygen atoms in total. The van der Waals surface area contributed by atoms with Crippen LogP contribution in [0.15, 0.2) is 18.3 Å². The second kappa shape index (κ2) is 4.08. The van der Waals surface area contributed by atoms with E-state index in [1.807, 2.05) is 29.6 Å². The second-order valence-electron chi connectivity index (χ2n) is 4.73. The lowest BCUT2D eigenvalue weighted by Crippen LogP contribution is -2.48. The molecule has 3 rings (SSSR count). The minimum atomic E-state index is 0.226. The lowest BCUT2D eigenvalue weighted by Gasteiger charge is -2.38. The lowest BCUT2D eigenvalue weighted by atomic mass is 9.94. The summed E-state index contributed by atoms with van der Waals surface area (Å²) >= 11 is 0. The number of carbonyl (C=O) groups is 1. The van der Waals surface area contributed by atoms with E-state index in [-0.39, 0.29) is 5.91 Å². The molecule has 0 radical (unpaired) electrons. The zero-order valence-electron chi connectivity index (χ0n) is 10.6. The van der Waals surface area contributed by atoms with Crippen molar-refractivity contribution in [1.82, 2.24) is 19.7 Å². The monoisotopic (exact) mass is 244 g/mol. The highest BCUT2D eigenvalue weighted by Crippen LogP contribution is 2.30. The molecule has 0 aromatic carbocycles. The summed E-state index contributed by atoms with van der Waals surface area (Å²) in [7, 11) is 1.91. The summed E-state index contributed by atoms with van der Waals surface area (Å²) < 4.78 is 1.81. The Morgan fingerprint density at radius 1 is 1.50 bits per heavy atom. The summed E-state index contributed by atoms with van der Waals surface area (Å²) in [5.74, 6) is 0.581. The summed E-state index contributed by atoms with van der Waals surface area (Å²) in [6.07, 6.45) is 2.36. The molecule has 1 aliphatic rings. The van der Waals surface area contributed by atoms with Crippen molar-refractivity contribution in [3.05, 3.63) is 24.0 Å². The van der Waals surface area contributed by atoms with Gasteiger partial charge in [0.1, 0.15) is 0 Å². The van der Waals surface area contributed by atoms with E-state index in [0.29, 0.717) is 12.3 Å². The molecule has 3 heterocycles. The molecule has 1 aliphatic heterocycles. The van der Waals surface area contributed by atoms with Gasteiger partial charge in [-0.3, -0.25) is 9.48 Å². The number of rotatable bonds is 2. The first-order chi connectivity index (χ1) is 8.70. The Hall–Kier alpha value is -1.91. The maximum Gasteiger partial charge on any atom is 0.222 e. The number of amides is 1. The van der Waals surface area contributed by atoms with E-state index < -0.39 is 0 Å². The maximum absolute atomic E-state index is 11.5. The Kier molecular flexibility index (Phi) is 2.54. The van der Waals surface area contributed by atoms with E-state index in [2.05, 4.69) is 16.1 Å². The molecule has 0 aliphatic carbocycles. The van der Waals surface area contributed by atoms with E-state index in [1.54, 1.807) is 6.20 Å². The smallest absolute Gasteiger partial charge is 0.222 e. The Balaban J connectivity index is 1.87. The number of aryl methyl sites for hydroxylation is 1. The molecule has 0 spiro atoms. The van der Waals surface area contributed by atoms with Crippen molar-refractivity contribution < 1.29 is 4.79 Å². The number of carbonyl (C=O) groups excluding carboxylic acids is 1. The summed E-state index contributed by atoms with van der Waals surface area (Å²) in [4.78, 5) is 17.8. The van der Waals surface area contributed by atoms with Gasteiger partial charge in [0.25, 0.3) is 0 Å². The van der Waals surface area contributed by atoms with Gasteiger partial charge in [0.15, 0.2) is 5.65 Å². The highest BCUT2D eigenvalue weighted by molar-refractivity contribution is 5.80. The van der Waals surface area contributed by atoms with E-state index in [4.69, 9.17) is 0 Å². The third-order valence-electron chi connectivity index (χ3n) is 3.55. The van der Waals surface area contributed by atoms with Crippen LogP contribution in [0.4, 0.5) is 0 Å². The average Bonchev–Trinajstić information content (AvgIpc) is 2.66. The fourth-order valence-electron chi connectivity index (χ4n) is 2.50. The van der Waals surface area contributed by atoms with Gasteiger partial charge >= 0.3 is 0 Å². The summed E-state index contributed by atoms with van der Waals surface area (Å²) in [6.45, 7) is 3.47. The highest BCUT2D eigenvalue weighted by Gasteiger charge is 2.33. The van der Waals surface area contributed by atoms with Crippen LogP contribution in [0.2, 0.25) is 0 Å². The summed E-state index contributed by atoms with van der Waals surface area (Å²) in [5, 5.41) is 5.65. The second-order valence-corrected chi connectivity index (χ2v) is 4.73. The molecule has 0 atom stereocenters. The van der Waals surface area contributed by atoms with Gasteiger partial charge in [0.2, 0.25) is 5.91 Å². The van der Waals surface area contributed by atoms with Crippen LogP contribution in [0.3, 0.4) is 0 Å². The first-order valence-corrected chi connectivity index (χ1v) is 6.26. The highest BCUT2D eigenvalue weighted by atomic mass is 16.2. The van der Waals surface area contributed by atoms with Gasteiger partial charge in [-0.1, -0.05) is 6.92 Å². The molecule has 0 unspecified atom stereocenters. The molecule has 0 saturated carbocycles. The van der Waals surface area contributed by atoms with Gasteiger partial charge in [-0.15, -0.1) is 0 Å². The zero-order chi connectivity index (χ0) is 12.7. The van der Waals surface area contributed by atoms with Crippen molar-refractivity contribution in [3.8, 4) is 0 Å². The molecule has 2 aromatic rings. The molecule has 2 aromatic heterocycles. The van der Waals surface area contributed by atoms with E-state index in [0.717, 1.165) is 29.8 Å². The predicted molar refractivity (Wildman–Crippen MR) is 68.1 cm³/mol. The van der Waals surface area contributed by atoms with Crippen molar-refractivity contribution in [2.24, 2.45) is 7.05 Å². The Morgan fingerprint density at radius 3 is 3.00 bits per heavy atom. The zero-order valence-corrected chi connectivity index (χ0v) is 10.6. The molecule has 1 saturated heterocycles. The fraction of sp³-hybridized carbons (Fsp3) is 0.462. The molecule has 0 bridgehead atoms. The number of pyridine rings is 1. The summed E-state index contributed by atoms with van der Waals surface area (Å²) in [5.41, 5.74) is 1.98. The minimum absolute atomic E-state index is 0.226. The standard InChI is InChI=1S/C13H16N4O/c1-3-11(18)17-7-9(8-17)12-10-5-4-6-14-13(10)16(2)15-12/h4-6,9H,3,7-8H2,1-2H3. The van der Waals surface area contributed by atoms with Crippen LogP contribution in [-0.4, -0.2) is 38.7 Å². The largest absolute Gasteiger partial charge is 0.341 e. The number of hydrogen-bond acceptors (Lipinski definition) is 3.